The number of ether oxygens (including phenoxy) is 2. The molecule has 4 nitrogen and oxygen atoms in total. The van der Waals surface area contributed by atoms with Crippen molar-refractivity contribution in [1.29, 1.82) is 0 Å². The van der Waals surface area contributed by atoms with E-state index in [0.29, 0.717) is 11.4 Å². The molecule has 0 fully saturated rings. The predicted molar refractivity (Wildman–Crippen MR) is 92.4 cm³/mol. The summed E-state index contributed by atoms with van der Waals surface area (Å²) in [6, 6.07) is 11.5. The highest BCUT2D eigenvalue weighted by Crippen LogP contribution is 2.26. The van der Waals surface area contributed by atoms with Gasteiger partial charge in [-0.15, -0.1) is 0 Å². The van der Waals surface area contributed by atoms with Crippen LogP contribution in [0.3, 0.4) is 0 Å². The maximum Gasteiger partial charge on any atom is 0.265 e. The van der Waals surface area contributed by atoms with Crippen molar-refractivity contribution in [3.63, 3.8) is 0 Å². The number of nitrogens with one attached hydrogen (secondary N) is 1. The molecule has 2 aromatic carbocycles. The molecule has 1 unspecified atom stereocenters. The number of amides is 1. The number of methoxy groups -OCH3 is 1. The van der Waals surface area contributed by atoms with Gasteiger partial charge in [0.2, 0.25) is 0 Å². The summed E-state index contributed by atoms with van der Waals surface area (Å²) in [5.41, 5.74) is 3.87. The lowest BCUT2D eigenvalue weighted by Gasteiger charge is -2.18. The molecule has 1 atom stereocenters. The third-order valence-electron chi connectivity index (χ3n) is 3.62. The van der Waals surface area contributed by atoms with Gasteiger partial charge in [0.05, 0.1) is 12.8 Å². The van der Waals surface area contributed by atoms with Gasteiger partial charge in [0.25, 0.3) is 5.91 Å². The monoisotopic (exact) mass is 313 g/mol. The van der Waals surface area contributed by atoms with Crippen LogP contribution in [0.5, 0.6) is 11.5 Å². The first-order valence-electron chi connectivity index (χ1n) is 7.60. The Balaban J connectivity index is 2.10. The summed E-state index contributed by atoms with van der Waals surface area (Å²) in [6.45, 7) is 7.69. The summed E-state index contributed by atoms with van der Waals surface area (Å²) in [6.07, 6.45) is -0.610. The number of anilines is 1. The van der Waals surface area contributed by atoms with E-state index in [0.717, 1.165) is 22.4 Å². The van der Waals surface area contributed by atoms with Crippen molar-refractivity contribution in [2.24, 2.45) is 0 Å². The van der Waals surface area contributed by atoms with E-state index in [2.05, 4.69) is 5.32 Å². The third-order valence-corrected chi connectivity index (χ3v) is 3.62. The van der Waals surface area contributed by atoms with Gasteiger partial charge in [0, 0.05) is 0 Å². The van der Waals surface area contributed by atoms with Crippen molar-refractivity contribution in [2.45, 2.75) is 33.8 Å². The van der Waals surface area contributed by atoms with E-state index in [1.54, 1.807) is 14.0 Å². The zero-order chi connectivity index (χ0) is 17.0. The Labute approximate surface area is 137 Å². The molecule has 2 aromatic rings. The first-order valence-corrected chi connectivity index (χ1v) is 7.60. The van der Waals surface area contributed by atoms with Crippen LogP contribution in [0.1, 0.15) is 23.6 Å². The highest BCUT2D eigenvalue weighted by Gasteiger charge is 2.17. The van der Waals surface area contributed by atoms with Crippen LogP contribution in [-0.4, -0.2) is 19.1 Å². The Morgan fingerprint density at radius 1 is 1.00 bits per heavy atom. The van der Waals surface area contributed by atoms with Gasteiger partial charge in [0.1, 0.15) is 11.5 Å². The lowest BCUT2D eigenvalue weighted by molar-refractivity contribution is -0.122. The largest absolute Gasteiger partial charge is 0.495 e. The van der Waals surface area contributed by atoms with Crippen molar-refractivity contribution in [2.75, 3.05) is 12.4 Å². The Bertz CT molecular complexity index is 710. The maximum absolute atomic E-state index is 12.4. The van der Waals surface area contributed by atoms with E-state index in [-0.39, 0.29) is 5.91 Å². The van der Waals surface area contributed by atoms with Crippen molar-refractivity contribution in [3.8, 4) is 11.5 Å². The number of benzene rings is 2. The van der Waals surface area contributed by atoms with Gasteiger partial charge in [-0.25, -0.2) is 0 Å². The van der Waals surface area contributed by atoms with Crippen molar-refractivity contribution < 1.29 is 14.3 Å². The molecule has 1 N–H and O–H groups in total. The smallest absolute Gasteiger partial charge is 0.265 e. The second-order valence-corrected chi connectivity index (χ2v) is 5.72. The number of aryl methyl sites for hydroxylation is 3. The molecule has 0 radical (unpaired) electrons. The van der Waals surface area contributed by atoms with Gasteiger partial charge in [0.15, 0.2) is 6.10 Å². The minimum Gasteiger partial charge on any atom is -0.495 e. The van der Waals surface area contributed by atoms with E-state index in [9.17, 15) is 4.79 Å². The minimum absolute atomic E-state index is 0.214. The summed E-state index contributed by atoms with van der Waals surface area (Å²) in [4.78, 5) is 12.4. The average Bonchev–Trinajstić information content (AvgIpc) is 2.50. The number of hydrogen-bond acceptors (Lipinski definition) is 3. The standard InChI is InChI=1S/C19H23NO3/c1-12-6-8-17(14(3)10-12)23-15(4)19(21)20-16-11-13(2)7-9-18(16)22-5/h6-11,15H,1-5H3,(H,20,21). The fourth-order valence-corrected chi connectivity index (χ4v) is 2.33. The first-order chi connectivity index (χ1) is 10.9. The van der Waals surface area contributed by atoms with Gasteiger partial charge in [-0.1, -0.05) is 23.8 Å². The quantitative estimate of drug-likeness (QED) is 0.906. The van der Waals surface area contributed by atoms with Crippen LogP contribution in [0, 0.1) is 20.8 Å². The zero-order valence-corrected chi connectivity index (χ0v) is 14.3. The molecule has 0 aliphatic rings. The van der Waals surface area contributed by atoms with Crippen LogP contribution in [0.4, 0.5) is 5.69 Å². The maximum atomic E-state index is 12.4. The Kier molecular flexibility index (Phi) is 5.27. The molecule has 23 heavy (non-hydrogen) atoms. The van der Waals surface area contributed by atoms with Crippen LogP contribution >= 0.6 is 0 Å². The molecule has 4 heteroatoms. The molecular weight excluding hydrogens is 290 g/mol. The Morgan fingerprint density at radius 2 is 1.61 bits per heavy atom. The minimum atomic E-state index is -0.610. The predicted octanol–water partition coefficient (Wildman–Crippen LogP) is 4.03. The van der Waals surface area contributed by atoms with Gasteiger partial charge in [-0.2, -0.15) is 0 Å². The second-order valence-electron chi connectivity index (χ2n) is 5.72. The van der Waals surface area contributed by atoms with Gasteiger partial charge in [-0.05, 0) is 57.0 Å². The lowest BCUT2D eigenvalue weighted by Crippen LogP contribution is -2.30. The first kappa shape index (κ1) is 16.9. The fourth-order valence-electron chi connectivity index (χ4n) is 2.33. The molecule has 0 aliphatic carbocycles. The summed E-state index contributed by atoms with van der Waals surface area (Å²) in [7, 11) is 1.58. The van der Waals surface area contributed by atoms with E-state index in [1.807, 2.05) is 57.2 Å². The molecule has 0 saturated carbocycles. The highest BCUT2D eigenvalue weighted by atomic mass is 16.5. The van der Waals surface area contributed by atoms with Crippen molar-refractivity contribution >= 4 is 11.6 Å². The summed E-state index contributed by atoms with van der Waals surface area (Å²) in [5, 5.41) is 2.86. The zero-order valence-electron chi connectivity index (χ0n) is 14.3. The van der Waals surface area contributed by atoms with Crippen LogP contribution in [0.2, 0.25) is 0 Å². The molecule has 0 saturated heterocycles. The van der Waals surface area contributed by atoms with E-state index in [4.69, 9.17) is 9.47 Å². The van der Waals surface area contributed by atoms with Crippen LogP contribution in [0.25, 0.3) is 0 Å². The molecular formula is C19H23NO3. The Hall–Kier alpha value is -2.49. The molecule has 0 aromatic heterocycles. The molecule has 0 spiro atoms. The number of carbonyl (C=O) groups excluding carboxylic acids is 1. The molecule has 1 amide bonds. The summed E-state index contributed by atoms with van der Waals surface area (Å²) < 4.78 is 11.1. The number of hydrogen-bond donors (Lipinski definition) is 1. The second kappa shape index (κ2) is 7.18. The summed E-state index contributed by atoms with van der Waals surface area (Å²) in [5.74, 6) is 1.13. The van der Waals surface area contributed by atoms with Crippen LogP contribution in [-0.2, 0) is 4.79 Å². The SMILES string of the molecule is COc1ccc(C)cc1NC(=O)C(C)Oc1ccc(C)cc1C. The van der Waals surface area contributed by atoms with E-state index in [1.165, 1.54) is 0 Å². The van der Waals surface area contributed by atoms with Crippen molar-refractivity contribution in [3.05, 3.63) is 53.1 Å². The number of rotatable bonds is 5. The lowest BCUT2D eigenvalue weighted by atomic mass is 10.1. The Morgan fingerprint density at radius 3 is 2.22 bits per heavy atom. The molecule has 0 heterocycles. The van der Waals surface area contributed by atoms with E-state index < -0.39 is 6.10 Å². The van der Waals surface area contributed by atoms with Gasteiger partial charge >= 0.3 is 0 Å². The van der Waals surface area contributed by atoms with E-state index >= 15 is 0 Å². The molecule has 0 bridgehead atoms. The number of carbonyl (C=O) groups is 1. The topological polar surface area (TPSA) is 47.6 Å². The molecule has 0 aliphatic heterocycles. The molecule has 2 rings (SSSR count). The van der Waals surface area contributed by atoms with Gasteiger partial charge in [-0.3, -0.25) is 4.79 Å². The van der Waals surface area contributed by atoms with Crippen molar-refractivity contribution in [1.82, 2.24) is 0 Å². The van der Waals surface area contributed by atoms with Crippen LogP contribution in [0.15, 0.2) is 36.4 Å². The summed E-state index contributed by atoms with van der Waals surface area (Å²) >= 11 is 0. The molecule has 122 valence electrons. The average molecular weight is 313 g/mol. The normalized spacial score (nSPS) is 11.7. The van der Waals surface area contributed by atoms with Crippen LogP contribution < -0.4 is 14.8 Å². The van der Waals surface area contributed by atoms with Gasteiger partial charge < -0.3 is 14.8 Å². The highest BCUT2D eigenvalue weighted by molar-refractivity contribution is 5.95. The third kappa shape index (κ3) is 4.25. The fraction of sp³-hybridized carbons (Fsp3) is 0.316.